The molecule has 0 fully saturated rings. The smallest absolute Gasteiger partial charge is 0.341 e. The van der Waals surface area contributed by atoms with Gasteiger partial charge >= 0.3 is 5.97 Å². The van der Waals surface area contributed by atoms with Crippen molar-refractivity contribution >= 4 is 17.8 Å². The lowest BCUT2D eigenvalue weighted by Gasteiger charge is -2.03. The van der Waals surface area contributed by atoms with Crippen LogP contribution in [0.1, 0.15) is 27.8 Å². The predicted molar refractivity (Wildman–Crippen MR) is 76.4 cm³/mol. The van der Waals surface area contributed by atoms with E-state index in [-0.39, 0.29) is 6.61 Å². The van der Waals surface area contributed by atoms with Crippen molar-refractivity contribution in [3.63, 3.8) is 0 Å². The number of fused-ring (bicyclic) bond motifs is 1. The lowest BCUT2D eigenvalue weighted by Crippen LogP contribution is -2.05. The van der Waals surface area contributed by atoms with E-state index < -0.39 is 5.97 Å². The summed E-state index contributed by atoms with van der Waals surface area (Å²) in [6, 6.07) is 8.79. The number of ether oxygens (including phenoxy) is 1. The van der Waals surface area contributed by atoms with Crippen LogP contribution >= 0.6 is 0 Å². The van der Waals surface area contributed by atoms with Crippen molar-refractivity contribution in [2.75, 3.05) is 6.61 Å². The zero-order valence-electron chi connectivity index (χ0n) is 11.4. The van der Waals surface area contributed by atoms with Crippen molar-refractivity contribution in [3.8, 4) is 11.3 Å². The zero-order chi connectivity index (χ0) is 14.8. The molecule has 3 aromatic rings. The molecule has 0 aliphatic heterocycles. The van der Waals surface area contributed by atoms with Gasteiger partial charge in [-0.15, -0.1) is 0 Å². The van der Waals surface area contributed by atoms with E-state index in [1.54, 1.807) is 47.9 Å². The van der Waals surface area contributed by atoms with Gasteiger partial charge in [0.2, 0.25) is 0 Å². The quantitative estimate of drug-likeness (QED) is 0.545. The molecule has 21 heavy (non-hydrogen) atoms. The molecule has 0 radical (unpaired) electrons. The SMILES string of the molecule is CCOC(=O)c1c(-c2ccco2)c(C=O)n2ccccc12. The number of aldehydes is 1. The Kier molecular flexibility index (Phi) is 3.31. The molecule has 0 aliphatic rings. The lowest BCUT2D eigenvalue weighted by molar-refractivity contribution is 0.0529. The maximum absolute atomic E-state index is 12.3. The van der Waals surface area contributed by atoms with E-state index >= 15 is 0 Å². The standard InChI is InChI=1S/C16H13NO4/c1-2-20-16(19)15-11-6-3-4-8-17(11)12(10-18)14(15)13-7-5-9-21-13/h3-10H,2H2,1H3. The van der Waals surface area contributed by atoms with E-state index in [9.17, 15) is 9.59 Å². The molecule has 5 heteroatoms. The van der Waals surface area contributed by atoms with E-state index in [2.05, 4.69) is 0 Å². The number of esters is 1. The molecule has 0 spiro atoms. The summed E-state index contributed by atoms with van der Waals surface area (Å²) in [7, 11) is 0. The summed E-state index contributed by atoms with van der Waals surface area (Å²) in [4.78, 5) is 23.8. The molecule has 106 valence electrons. The van der Waals surface area contributed by atoms with Crippen molar-refractivity contribution in [3.05, 3.63) is 54.0 Å². The molecule has 5 nitrogen and oxygen atoms in total. The van der Waals surface area contributed by atoms with E-state index in [4.69, 9.17) is 9.15 Å². The van der Waals surface area contributed by atoms with Crippen molar-refractivity contribution in [1.82, 2.24) is 4.40 Å². The summed E-state index contributed by atoms with van der Waals surface area (Å²) in [6.07, 6.45) is 3.95. The van der Waals surface area contributed by atoms with Crippen molar-refractivity contribution in [2.24, 2.45) is 0 Å². The predicted octanol–water partition coefficient (Wildman–Crippen LogP) is 3.19. The highest BCUT2D eigenvalue weighted by Crippen LogP contribution is 2.33. The first-order chi connectivity index (χ1) is 10.3. The second-order valence-corrected chi connectivity index (χ2v) is 4.41. The minimum absolute atomic E-state index is 0.261. The molecule has 3 heterocycles. The second-order valence-electron chi connectivity index (χ2n) is 4.41. The van der Waals surface area contributed by atoms with Gasteiger partial charge in [-0.05, 0) is 31.2 Å². The van der Waals surface area contributed by atoms with Crippen LogP contribution in [0.25, 0.3) is 16.8 Å². The van der Waals surface area contributed by atoms with Crippen LogP contribution in [-0.4, -0.2) is 23.3 Å². The highest BCUT2D eigenvalue weighted by atomic mass is 16.5. The summed E-state index contributed by atoms with van der Waals surface area (Å²) in [6.45, 7) is 2.00. The fourth-order valence-corrected chi connectivity index (χ4v) is 2.43. The van der Waals surface area contributed by atoms with E-state index in [0.717, 1.165) is 0 Å². The summed E-state index contributed by atoms with van der Waals surface area (Å²) >= 11 is 0. The third kappa shape index (κ3) is 2.03. The van der Waals surface area contributed by atoms with E-state index in [1.807, 2.05) is 0 Å². The summed E-state index contributed by atoms with van der Waals surface area (Å²) in [5, 5.41) is 0. The van der Waals surface area contributed by atoms with Crippen LogP contribution in [0.15, 0.2) is 47.2 Å². The molecule has 0 N–H and O–H groups in total. The molecule has 3 rings (SSSR count). The molecule has 0 saturated heterocycles. The molecular weight excluding hydrogens is 270 g/mol. The first-order valence-electron chi connectivity index (χ1n) is 6.57. The molecule has 0 unspecified atom stereocenters. The van der Waals surface area contributed by atoms with E-state index in [1.165, 1.54) is 6.26 Å². The number of hydrogen-bond acceptors (Lipinski definition) is 4. The van der Waals surface area contributed by atoms with Crippen molar-refractivity contribution < 1.29 is 18.7 Å². The average Bonchev–Trinajstić information content (AvgIpc) is 3.12. The van der Waals surface area contributed by atoms with Crippen LogP contribution in [0.4, 0.5) is 0 Å². The first-order valence-corrected chi connectivity index (χ1v) is 6.57. The van der Waals surface area contributed by atoms with Crippen LogP contribution in [0.5, 0.6) is 0 Å². The number of carbonyl (C=O) groups is 2. The number of nitrogens with zero attached hydrogens (tertiary/aromatic N) is 1. The van der Waals surface area contributed by atoms with Gasteiger partial charge in [0.25, 0.3) is 0 Å². The zero-order valence-corrected chi connectivity index (χ0v) is 11.4. The van der Waals surface area contributed by atoms with Crippen LogP contribution in [0, 0.1) is 0 Å². The van der Waals surface area contributed by atoms with Gasteiger partial charge in [-0.1, -0.05) is 6.07 Å². The second kappa shape index (κ2) is 5.28. The number of hydrogen-bond donors (Lipinski definition) is 0. The van der Waals surface area contributed by atoms with Crippen molar-refractivity contribution in [2.45, 2.75) is 6.92 Å². The molecule has 0 saturated carbocycles. The summed E-state index contributed by atoms with van der Waals surface area (Å²) < 4.78 is 12.2. The maximum Gasteiger partial charge on any atom is 0.341 e. The normalized spacial score (nSPS) is 10.7. The van der Waals surface area contributed by atoms with Crippen LogP contribution in [0.3, 0.4) is 0 Å². The number of carbonyl (C=O) groups excluding carboxylic acids is 2. The molecule has 0 aliphatic carbocycles. The minimum Gasteiger partial charge on any atom is -0.464 e. The molecule has 3 aromatic heterocycles. The largest absolute Gasteiger partial charge is 0.464 e. The van der Waals surface area contributed by atoms with Gasteiger partial charge < -0.3 is 13.6 Å². The Morgan fingerprint density at radius 1 is 1.33 bits per heavy atom. The third-order valence-corrected chi connectivity index (χ3v) is 3.24. The van der Waals surface area contributed by atoms with Crippen molar-refractivity contribution in [1.29, 1.82) is 0 Å². The van der Waals surface area contributed by atoms with Gasteiger partial charge in [0, 0.05) is 6.20 Å². The van der Waals surface area contributed by atoms with Gasteiger partial charge in [0.05, 0.1) is 35.2 Å². The van der Waals surface area contributed by atoms with Gasteiger partial charge in [-0.2, -0.15) is 0 Å². The lowest BCUT2D eigenvalue weighted by atomic mass is 10.1. The Morgan fingerprint density at radius 3 is 2.86 bits per heavy atom. The summed E-state index contributed by atoms with van der Waals surface area (Å²) in [5.74, 6) is -0.00967. The monoisotopic (exact) mass is 283 g/mol. The Labute approximate surface area is 120 Å². The Morgan fingerprint density at radius 2 is 2.19 bits per heavy atom. The Balaban J connectivity index is 2.39. The van der Waals surface area contributed by atoms with Crippen LogP contribution in [0.2, 0.25) is 0 Å². The van der Waals surface area contributed by atoms with Gasteiger partial charge in [0.15, 0.2) is 6.29 Å². The summed E-state index contributed by atoms with van der Waals surface area (Å²) in [5.41, 5.74) is 1.78. The highest BCUT2D eigenvalue weighted by Gasteiger charge is 2.26. The molecule has 0 atom stereocenters. The average molecular weight is 283 g/mol. The number of furan rings is 1. The number of rotatable bonds is 4. The molecule has 0 aromatic carbocycles. The van der Waals surface area contributed by atoms with E-state index in [0.29, 0.717) is 34.4 Å². The number of aromatic nitrogens is 1. The minimum atomic E-state index is -0.472. The Hall–Kier alpha value is -2.82. The Bertz CT molecular complexity index is 799. The fraction of sp³-hybridized carbons (Fsp3) is 0.125. The van der Waals surface area contributed by atoms with Crippen LogP contribution in [-0.2, 0) is 4.74 Å². The van der Waals surface area contributed by atoms with Gasteiger partial charge in [-0.25, -0.2) is 4.79 Å². The molecule has 0 amide bonds. The first kappa shape index (κ1) is 13.2. The highest BCUT2D eigenvalue weighted by molar-refractivity contribution is 6.08. The third-order valence-electron chi connectivity index (χ3n) is 3.24. The van der Waals surface area contributed by atoms with Gasteiger partial charge in [0.1, 0.15) is 5.76 Å². The fourth-order valence-electron chi connectivity index (χ4n) is 2.43. The molecular formula is C16H13NO4. The van der Waals surface area contributed by atoms with Crippen LogP contribution < -0.4 is 0 Å². The topological polar surface area (TPSA) is 60.9 Å². The maximum atomic E-state index is 12.3. The molecule has 0 bridgehead atoms. The number of pyridine rings is 1. The van der Waals surface area contributed by atoms with Gasteiger partial charge in [-0.3, -0.25) is 4.79 Å².